The maximum Gasteiger partial charge on any atom is 0.250 e. The quantitative estimate of drug-likeness (QED) is 0.561. The highest BCUT2D eigenvalue weighted by Gasteiger charge is 2.07. The van der Waals surface area contributed by atoms with Crippen LogP contribution in [0.3, 0.4) is 0 Å². The first-order valence-corrected chi connectivity index (χ1v) is 9.02. The number of benzene rings is 2. The summed E-state index contributed by atoms with van der Waals surface area (Å²) in [5.74, 6) is 2.01. The molecule has 0 aliphatic rings. The van der Waals surface area contributed by atoms with Crippen molar-refractivity contribution in [1.29, 1.82) is 0 Å². The summed E-state index contributed by atoms with van der Waals surface area (Å²) in [4.78, 5) is 11.8. The number of hydrazone groups is 1. The number of thioether (sulfide) groups is 1. The van der Waals surface area contributed by atoms with Gasteiger partial charge in [0.2, 0.25) is 5.91 Å². The van der Waals surface area contributed by atoms with Crippen molar-refractivity contribution in [3.8, 4) is 11.5 Å². The van der Waals surface area contributed by atoms with Gasteiger partial charge in [-0.2, -0.15) is 5.10 Å². The third-order valence-electron chi connectivity index (χ3n) is 3.22. The molecule has 2 rings (SSSR count). The Bertz CT molecular complexity index is 753. The van der Waals surface area contributed by atoms with E-state index in [0.717, 1.165) is 5.56 Å². The molecule has 0 saturated carbocycles. The monoisotopic (exact) mass is 378 g/mol. The molecule has 0 heterocycles. The largest absolute Gasteiger partial charge is 0.493 e. The van der Waals surface area contributed by atoms with Crippen LogP contribution in [0.4, 0.5) is 0 Å². The van der Waals surface area contributed by atoms with E-state index in [9.17, 15) is 4.79 Å². The van der Waals surface area contributed by atoms with Crippen molar-refractivity contribution in [3.05, 3.63) is 58.6 Å². The first-order valence-electron chi connectivity index (χ1n) is 7.49. The summed E-state index contributed by atoms with van der Waals surface area (Å²) in [6.45, 7) is 0. The standard InChI is InChI=1S/C18H19ClN2O3S/c1-23-16-8-4-6-14(18(16)24-2)10-20-21-17(22)12-25-11-13-5-3-7-15(19)9-13/h3-10H,11-12H2,1-2H3,(H,21,22)/b20-10-. The second-order valence-electron chi connectivity index (χ2n) is 5.00. The van der Waals surface area contributed by atoms with Crippen molar-refractivity contribution >= 4 is 35.5 Å². The summed E-state index contributed by atoms with van der Waals surface area (Å²) >= 11 is 7.43. The maximum atomic E-state index is 11.8. The summed E-state index contributed by atoms with van der Waals surface area (Å²) in [6, 6.07) is 13.0. The smallest absolute Gasteiger partial charge is 0.250 e. The fourth-order valence-electron chi connectivity index (χ4n) is 2.11. The van der Waals surface area contributed by atoms with E-state index >= 15 is 0 Å². The molecule has 0 aliphatic carbocycles. The van der Waals surface area contributed by atoms with E-state index in [0.29, 0.717) is 33.6 Å². The van der Waals surface area contributed by atoms with Crippen LogP contribution in [-0.4, -0.2) is 32.1 Å². The molecule has 2 aromatic rings. The number of hydrogen-bond donors (Lipinski definition) is 1. The highest BCUT2D eigenvalue weighted by atomic mass is 35.5. The molecule has 0 radical (unpaired) electrons. The molecule has 0 saturated heterocycles. The van der Waals surface area contributed by atoms with Gasteiger partial charge in [-0.25, -0.2) is 5.43 Å². The molecule has 0 bridgehead atoms. The number of methoxy groups -OCH3 is 2. The second kappa shape index (κ2) is 9.96. The van der Waals surface area contributed by atoms with E-state index < -0.39 is 0 Å². The number of nitrogens with zero attached hydrogens (tertiary/aromatic N) is 1. The molecule has 132 valence electrons. The number of hydrogen-bond acceptors (Lipinski definition) is 5. The molecule has 0 aliphatic heterocycles. The average molecular weight is 379 g/mol. The first kappa shape index (κ1) is 19.1. The molecule has 1 amide bonds. The average Bonchev–Trinajstić information content (AvgIpc) is 2.61. The van der Waals surface area contributed by atoms with Crippen LogP contribution in [-0.2, 0) is 10.5 Å². The highest BCUT2D eigenvalue weighted by Crippen LogP contribution is 2.29. The topological polar surface area (TPSA) is 59.9 Å². The summed E-state index contributed by atoms with van der Waals surface area (Å²) in [5, 5.41) is 4.66. The Hall–Kier alpha value is -2.18. The molecule has 2 aromatic carbocycles. The summed E-state index contributed by atoms with van der Waals surface area (Å²) in [6.07, 6.45) is 1.53. The Labute approximate surface area is 156 Å². The minimum absolute atomic E-state index is 0.176. The Morgan fingerprint density at radius 1 is 1.24 bits per heavy atom. The maximum absolute atomic E-state index is 11.8. The zero-order valence-electron chi connectivity index (χ0n) is 14.0. The number of rotatable bonds is 8. The van der Waals surface area contributed by atoms with E-state index in [-0.39, 0.29) is 5.91 Å². The molecule has 0 aromatic heterocycles. The van der Waals surface area contributed by atoms with Gasteiger partial charge in [0.1, 0.15) is 0 Å². The number of nitrogens with one attached hydrogen (secondary N) is 1. The van der Waals surface area contributed by atoms with Crippen LogP contribution in [0.15, 0.2) is 47.6 Å². The van der Waals surface area contributed by atoms with Gasteiger partial charge in [0, 0.05) is 16.3 Å². The van der Waals surface area contributed by atoms with E-state index in [1.165, 1.54) is 18.0 Å². The van der Waals surface area contributed by atoms with Crippen LogP contribution in [0.1, 0.15) is 11.1 Å². The van der Waals surface area contributed by atoms with E-state index in [1.807, 2.05) is 36.4 Å². The lowest BCUT2D eigenvalue weighted by atomic mass is 10.2. The van der Waals surface area contributed by atoms with Crippen LogP contribution in [0, 0.1) is 0 Å². The zero-order valence-corrected chi connectivity index (χ0v) is 15.6. The molecular formula is C18H19ClN2O3S. The van der Waals surface area contributed by atoms with Gasteiger partial charge < -0.3 is 9.47 Å². The van der Waals surface area contributed by atoms with Crippen LogP contribution in [0.5, 0.6) is 11.5 Å². The summed E-state index contributed by atoms with van der Waals surface area (Å²) < 4.78 is 10.5. The van der Waals surface area contributed by atoms with E-state index in [2.05, 4.69) is 10.5 Å². The lowest BCUT2D eigenvalue weighted by Crippen LogP contribution is -2.19. The van der Waals surface area contributed by atoms with Gasteiger partial charge >= 0.3 is 0 Å². The molecule has 0 atom stereocenters. The number of carbonyl (C=O) groups is 1. The van der Waals surface area contributed by atoms with Crippen LogP contribution in [0.25, 0.3) is 0 Å². The van der Waals surface area contributed by atoms with Gasteiger partial charge in [-0.1, -0.05) is 29.8 Å². The fourth-order valence-corrected chi connectivity index (χ4v) is 3.09. The van der Waals surface area contributed by atoms with Gasteiger partial charge in [-0.15, -0.1) is 11.8 Å². The van der Waals surface area contributed by atoms with Crippen molar-refractivity contribution in [2.75, 3.05) is 20.0 Å². The van der Waals surface area contributed by atoms with Gasteiger partial charge in [0.15, 0.2) is 11.5 Å². The number of amides is 1. The number of para-hydroxylation sites is 1. The highest BCUT2D eigenvalue weighted by molar-refractivity contribution is 7.99. The molecule has 1 N–H and O–H groups in total. The molecule has 0 unspecified atom stereocenters. The molecule has 5 nitrogen and oxygen atoms in total. The third-order valence-corrected chi connectivity index (χ3v) is 4.46. The Kier molecular flexibility index (Phi) is 7.63. The summed E-state index contributed by atoms with van der Waals surface area (Å²) in [7, 11) is 3.12. The third kappa shape index (κ3) is 5.99. The van der Waals surface area contributed by atoms with Crippen molar-refractivity contribution in [3.63, 3.8) is 0 Å². The molecule has 25 heavy (non-hydrogen) atoms. The number of halogens is 1. The van der Waals surface area contributed by atoms with Gasteiger partial charge in [0.05, 0.1) is 26.2 Å². The molecule has 0 fully saturated rings. The lowest BCUT2D eigenvalue weighted by Gasteiger charge is -2.09. The van der Waals surface area contributed by atoms with Gasteiger partial charge in [-0.05, 0) is 29.8 Å². The summed E-state index contributed by atoms with van der Waals surface area (Å²) in [5.41, 5.74) is 4.30. The Morgan fingerprint density at radius 2 is 2.04 bits per heavy atom. The van der Waals surface area contributed by atoms with Crippen molar-refractivity contribution < 1.29 is 14.3 Å². The Morgan fingerprint density at radius 3 is 2.76 bits per heavy atom. The van der Waals surface area contributed by atoms with Crippen molar-refractivity contribution in [1.82, 2.24) is 5.43 Å². The van der Waals surface area contributed by atoms with Crippen molar-refractivity contribution in [2.45, 2.75) is 5.75 Å². The molecular weight excluding hydrogens is 360 g/mol. The normalized spacial score (nSPS) is 10.7. The fraction of sp³-hybridized carbons (Fsp3) is 0.222. The van der Waals surface area contributed by atoms with Gasteiger partial charge in [-0.3, -0.25) is 4.79 Å². The van der Waals surface area contributed by atoms with Crippen molar-refractivity contribution in [2.24, 2.45) is 5.10 Å². The number of ether oxygens (including phenoxy) is 2. The predicted octanol–water partition coefficient (Wildman–Crippen LogP) is 3.74. The first-order chi connectivity index (χ1) is 12.1. The van der Waals surface area contributed by atoms with Crippen LogP contribution >= 0.6 is 23.4 Å². The molecule has 0 spiro atoms. The van der Waals surface area contributed by atoms with E-state index in [1.54, 1.807) is 20.3 Å². The zero-order chi connectivity index (χ0) is 18.1. The van der Waals surface area contributed by atoms with Crippen LogP contribution < -0.4 is 14.9 Å². The number of carbonyl (C=O) groups excluding carboxylic acids is 1. The SMILES string of the molecule is COc1cccc(/C=N\NC(=O)CSCc2cccc(Cl)c2)c1OC. The lowest BCUT2D eigenvalue weighted by molar-refractivity contribution is -0.118. The second-order valence-corrected chi connectivity index (χ2v) is 6.42. The van der Waals surface area contributed by atoms with Gasteiger partial charge in [0.25, 0.3) is 0 Å². The van der Waals surface area contributed by atoms with Crippen LogP contribution in [0.2, 0.25) is 5.02 Å². The minimum atomic E-state index is -0.176. The molecule has 7 heteroatoms. The Balaban J connectivity index is 1.82. The van der Waals surface area contributed by atoms with E-state index in [4.69, 9.17) is 21.1 Å². The minimum Gasteiger partial charge on any atom is -0.493 e. The predicted molar refractivity (Wildman–Crippen MR) is 103 cm³/mol.